The van der Waals surface area contributed by atoms with Crippen molar-refractivity contribution in [1.82, 2.24) is 15.2 Å². The van der Waals surface area contributed by atoms with E-state index in [2.05, 4.69) is 20.5 Å². The summed E-state index contributed by atoms with van der Waals surface area (Å²) in [5, 5.41) is 10.0. The van der Waals surface area contributed by atoms with Gasteiger partial charge in [-0.15, -0.1) is 0 Å². The highest BCUT2D eigenvalue weighted by atomic mass is 16.2. The van der Waals surface area contributed by atoms with Gasteiger partial charge in [0.05, 0.1) is 6.54 Å². The van der Waals surface area contributed by atoms with E-state index in [-0.39, 0.29) is 11.8 Å². The minimum absolute atomic E-state index is 0.206. The maximum absolute atomic E-state index is 12.5. The summed E-state index contributed by atoms with van der Waals surface area (Å²) >= 11 is 0. The van der Waals surface area contributed by atoms with Crippen molar-refractivity contribution in [3.8, 4) is 11.4 Å². The highest BCUT2D eigenvalue weighted by molar-refractivity contribution is 5.95. The van der Waals surface area contributed by atoms with Crippen molar-refractivity contribution < 1.29 is 4.79 Å². The van der Waals surface area contributed by atoms with Crippen LogP contribution in [0.4, 0.5) is 5.69 Å². The molecule has 4 N–H and O–H groups in total. The van der Waals surface area contributed by atoms with Gasteiger partial charge in [0.2, 0.25) is 5.91 Å². The van der Waals surface area contributed by atoms with Crippen molar-refractivity contribution >= 4 is 11.6 Å². The minimum atomic E-state index is 0.206. The third-order valence-electron chi connectivity index (χ3n) is 6.17. The Hall–Kier alpha value is -2.21. The van der Waals surface area contributed by atoms with E-state index in [1.807, 2.05) is 24.3 Å². The van der Waals surface area contributed by atoms with Crippen LogP contribution in [0.25, 0.3) is 11.4 Å². The van der Waals surface area contributed by atoms with E-state index in [0.717, 1.165) is 23.1 Å². The molecular weight excluding hydrogens is 302 g/mol. The molecule has 2 aromatic rings. The predicted octanol–water partition coefficient (Wildman–Crippen LogP) is 2.16. The molecule has 1 aromatic heterocycles. The first-order chi connectivity index (χ1) is 11.7. The van der Waals surface area contributed by atoms with Gasteiger partial charge in [-0.1, -0.05) is 0 Å². The summed E-state index contributed by atoms with van der Waals surface area (Å²) in [4.78, 5) is 16.9. The van der Waals surface area contributed by atoms with Crippen molar-refractivity contribution in [2.45, 2.75) is 25.8 Å². The summed E-state index contributed by atoms with van der Waals surface area (Å²) in [6, 6.07) is 7.68. The van der Waals surface area contributed by atoms with Crippen LogP contribution in [0.3, 0.4) is 0 Å². The standard InChI is InChI=1S/C18H21N5O/c19-8-13-21-17(23-22-13)9-3-5-12(6-4-9)20-18(24)16-14-10-1-2-11(7-10)15(14)16/h3-6,10-11,14-16H,1-2,7-8,19H2,(H,20,24)(H,21,22,23). The fraction of sp³-hybridized carbons (Fsp3) is 0.500. The van der Waals surface area contributed by atoms with Crippen LogP contribution in [-0.4, -0.2) is 21.1 Å². The number of aromatic amines is 1. The molecule has 1 amide bonds. The Bertz CT molecular complexity index is 767. The van der Waals surface area contributed by atoms with Gasteiger partial charge < -0.3 is 11.1 Å². The summed E-state index contributed by atoms with van der Waals surface area (Å²) in [6.07, 6.45) is 4.05. The molecule has 5 rings (SSSR count). The number of nitrogens with zero attached hydrogens (tertiary/aromatic N) is 2. The van der Waals surface area contributed by atoms with E-state index in [4.69, 9.17) is 5.73 Å². The van der Waals surface area contributed by atoms with Gasteiger partial charge in [-0.25, -0.2) is 4.98 Å². The molecule has 0 saturated heterocycles. The van der Waals surface area contributed by atoms with Crippen molar-refractivity contribution in [2.24, 2.45) is 35.3 Å². The molecule has 1 aromatic carbocycles. The molecule has 4 unspecified atom stereocenters. The number of nitrogens with one attached hydrogen (secondary N) is 2. The van der Waals surface area contributed by atoms with Gasteiger partial charge in [0.25, 0.3) is 0 Å². The van der Waals surface area contributed by atoms with Crippen molar-refractivity contribution in [3.05, 3.63) is 30.1 Å². The van der Waals surface area contributed by atoms with Gasteiger partial charge >= 0.3 is 0 Å². The molecule has 3 aliphatic carbocycles. The Labute approximate surface area is 140 Å². The van der Waals surface area contributed by atoms with Crippen LogP contribution in [0.5, 0.6) is 0 Å². The molecule has 6 nitrogen and oxygen atoms in total. The molecule has 4 atom stereocenters. The number of anilines is 1. The van der Waals surface area contributed by atoms with Gasteiger partial charge in [0.1, 0.15) is 5.82 Å². The number of nitrogens with two attached hydrogens (primary N) is 1. The van der Waals surface area contributed by atoms with Crippen LogP contribution in [0.15, 0.2) is 24.3 Å². The van der Waals surface area contributed by atoms with E-state index in [1.54, 1.807) is 0 Å². The molecule has 0 spiro atoms. The summed E-state index contributed by atoms with van der Waals surface area (Å²) in [5.74, 6) is 4.74. The summed E-state index contributed by atoms with van der Waals surface area (Å²) < 4.78 is 0. The molecule has 3 aliphatic rings. The van der Waals surface area contributed by atoms with E-state index in [0.29, 0.717) is 30.0 Å². The number of carbonyl (C=O) groups is 1. The number of benzene rings is 1. The predicted molar refractivity (Wildman–Crippen MR) is 89.6 cm³/mol. The molecule has 1 heterocycles. The maximum Gasteiger partial charge on any atom is 0.228 e. The molecule has 3 fully saturated rings. The van der Waals surface area contributed by atoms with Crippen molar-refractivity contribution in [2.75, 3.05) is 5.32 Å². The van der Waals surface area contributed by atoms with Crippen LogP contribution < -0.4 is 11.1 Å². The highest BCUT2D eigenvalue weighted by Gasteiger charge is 2.67. The lowest BCUT2D eigenvalue weighted by atomic mass is 10.0. The van der Waals surface area contributed by atoms with Gasteiger partial charge in [0.15, 0.2) is 5.82 Å². The van der Waals surface area contributed by atoms with Crippen LogP contribution in [0.2, 0.25) is 0 Å². The van der Waals surface area contributed by atoms with E-state index in [9.17, 15) is 4.79 Å². The summed E-state index contributed by atoms with van der Waals surface area (Å²) in [6.45, 7) is 0.340. The van der Waals surface area contributed by atoms with E-state index >= 15 is 0 Å². The van der Waals surface area contributed by atoms with E-state index < -0.39 is 0 Å². The molecule has 0 radical (unpaired) electrons. The lowest BCUT2D eigenvalue weighted by Crippen LogP contribution is -2.18. The molecule has 6 heteroatoms. The third-order valence-corrected chi connectivity index (χ3v) is 6.17. The van der Waals surface area contributed by atoms with Gasteiger partial charge in [-0.2, -0.15) is 5.10 Å². The Morgan fingerprint density at radius 1 is 1.21 bits per heavy atom. The largest absolute Gasteiger partial charge is 0.326 e. The number of rotatable bonds is 4. The monoisotopic (exact) mass is 323 g/mol. The lowest BCUT2D eigenvalue weighted by Gasteiger charge is -2.10. The molecule has 2 bridgehead atoms. The molecule has 24 heavy (non-hydrogen) atoms. The lowest BCUT2D eigenvalue weighted by molar-refractivity contribution is -0.118. The topological polar surface area (TPSA) is 96.7 Å². The van der Waals surface area contributed by atoms with Gasteiger partial charge in [-0.05, 0) is 67.2 Å². The third kappa shape index (κ3) is 2.09. The van der Waals surface area contributed by atoms with Crippen molar-refractivity contribution in [1.29, 1.82) is 0 Å². The Morgan fingerprint density at radius 3 is 2.54 bits per heavy atom. The SMILES string of the molecule is NCc1nc(-c2ccc(NC(=O)C3C4C5CCC(C5)C34)cc2)n[nH]1. The molecule has 3 saturated carbocycles. The number of fused-ring (bicyclic) bond motifs is 5. The zero-order chi connectivity index (χ0) is 16.3. The number of hydrogen-bond acceptors (Lipinski definition) is 4. The van der Waals surface area contributed by atoms with Crippen LogP contribution in [0.1, 0.15) is 25.1 Å². The van der Waals surface area contributed by atoms with Crippen LogP contribution >= 0.6 is 0 Å². The maximum atomic E-state index is 12.5. The minimum Gasteiger partial charge on any atom is -0.326 e. The fourth-order valence-electron chi connectivity index (χ4n) is 5.12. The second-order valence-electron chi connectivity index (χ2n) is 7.39. The first-order valence-corrected chi connectivity index (χ1v) is 8.77. The van der Waals surface area contributed by atoms with Crippen molar-refractivity contribution in [3.63, 3.8) is 0 Å². The number of carbonyl (C=O) groups excluding carboxylic acids is 1. The number of hydrogen-bond donors (Lipinski definition) is 3. The molecule has 0 aliphatic heterocycles. The second-order valence-corrected chi connectivity index (χ2v) is 7.39. The Kier molecular flexibility index (Phi) is 3.03. The zero-order valence-corrected chi connectivity index (χ0v) is 13.4. The zero-order valence-electron chi connectivity index (χ0n) is 13.4. The molecular formula is C18H21N5O. The van der Waals surface area contributed by atoms with Crippen LogP contribution in [0, 0.1) is 29.6 Å². The first kappa shape index (κ1) is 14.2. The Balaban J connectivity index is 1.26. The van der Waals surface area contributed by atoms with Gasteiger partial charge in [-0.3, -0.25) is 9.89 Å². The highest BCUT2D eigenvalue weighted by Crippen LogP contribution is 2.69. The fourth-order valence-corrected chi connectivity index (χ4v) is 5.12. The second kappa shape index (κ2) is 5.14. The summed E-state index contributed by atoms with van der Waals surface area (Å²) in [5.41, 5.74) is 7.29. The number of H-pyrrole nitrogens is 1. The quantitative estimate of drug-likeness (QED) is 0.803. The Morgan fingerprint density at radius 2 is 1.92 bits per heavy atom. The first-order valence-electron chi connectivity index (χ1n) is 8.77. The number of aromatic nitrogens is 3. The average Bonchev–Trinajstić information content (AvgIpc) is 2.98. The molecule has 124 valence electrons. The normalized spacial score (nSPS) is 32.6. The van der Waals surface area contributed by atoms with Crippen LogP contribution in [-0.2, 0) is 11.3 Å². The number of amides is 1. The average molecular weight is 323 g/mol. The smallest absolute Gasteiger partial charge is 0.228 e. The summed E-state index contributed by atoms with van der Waals surface area (Å²) in [7, 11) is 0. The van der Waals surface area contributed by atoms with E-state index in [1.165, 1.54) is 19.3 Å². The van der Waals surface area contributed by atoms with Gasteiger partial charge in [0, 0.05) is 17.2 Å².